The Hall–Kier alpha value is -1.03. The van der Waals surface area contributed by atoms with Crippen molar-refractivity contribution in [1.29, 1.82) is 0 Å². The maximum atomic E-state index is 11.8. The third-order valence-electron chi connectivity index (χ3n) is 2.73. The van der Waals surface area contributed by atoms with Gasteiger partial charge in [-0.15, -0.1) is 0 Å². The fourth-order valence-electron chi connectivity index (χ4n) is 1.84. The van der Waals surface area contributed by atoms with Crippen molar-refractivity contribution in [2.45, 2.75) is 6.04 Å². The first-order valence-corrected chi connectivity index (χ1v) is 5.91. The largest absolute Gasteiger partial charge is 0.394 e. The molecule has 0 aliphatic carbocycles. The van der Waals surface area contributed by atoms with Crippen molar-refractivity contribution < 1.29 is 9.90 Å². The highest BCUT2D eigenvalue weighted by Gasteiger charge is 2.33. The average molecular weight is 272 g/mol. The number of aliphatic hydroxyl groups is 1. The van der Waals surface area contributed by atoms with Crippen molar-refractivity contribution in [2.75, 3.05) is 13.2 Å². The summed E-state index contributed by atoms with van der Waals surface area (Å²) in [5.41, 5.74) is 0.860. The topological polar surface area (TPSA) is 40.5 Å². The Bertz CT molecular complexity index is 459. The molecule has 0 saturated carbocycles. The van der Waals surface area contributed by atoms with Gasteiger partial charge in [0.15, 0.2) is 0 Å². The molecule has 0 saturated heterocycles. The van der Waals surface area contributed by atoms with Crippen molar-refractivity contribution in [3.63, 3.8) is 0 Å². The zero-order chi connectivity index (χ0) is 12.4. The molecule has 5 heteroatoms. The van der Waals surface area contributed by atoms with E-state index in [0.29, 0.717) is 5.03 Å². The van der Waals surface area contributed by atoms with E-state index in [1.54, 1.807) is 0 Å². The van der Waals surface area contributed by atoms with E-state index in [4.69, 9.17) is 23.2 Å². The van der Waals surface area contributed by atoms with Crippen LogP contribution in [0.4, 0.5) is 0 Å². The number of amides is 1. The monoisotopic (exact) mass is 271 g/mol. The first-order valence-electron chi connectivity index (χ1n) is 5.16. The molecule has 1 aromatic carbocycles. The van der Waals surface area contributed by atoms with E-state index >= 15 is 0 Å². The second-order valence-electron chi connectivity index (χ2n) is 3.76. The number of carbonyl (C=O) groups excluding carboxylic acids is 1. The predicted octanol–water partition coefficient (Wildman–Crippen LogP) is 2.25. The van der Waals surface area contributed by atoms with E-state index < -0.39 is 6.04 Å². The fourth-order valence-corrected chi connectivity index (χ4v) is 2.22. The molecule has 1 aromatic rings. The number of hydrogen-bond acceptors (Lipinski definition) is 2. The van der Waals surface area contributed by atoms with Gasteiger partial charge in [0.25, 0.3) is 5.91 Å². The molecule has 3 nitrogen and oxygen atoms in total. The summed E-state index contributed by atoms with van der Waals surface area (Å²) < 4.78 is 0. The second-order valence-corrected chi connectivity index (χ2v) is 4.60. The first-order chi connectivity index (χ1) is 8.15. The van der Waals surface area contributed by atoms with Gasteiger partial charge in [-0.25, -0.2) is 0 Å². The summed E-state index contributed by atoms with van der Waals surface area (Å²) in [5, 5.41) is 9.80. The minimum Gasteiger partial charge on any atom is -0.394 e. The summed E-state index contributed by atoms with van der Waals surface area (Å²) in [6, 6.07) is 8.89. The van der Waals surface area contributed by atoms with Crippen LogP contribution >= 0.6 is 23.2 Å². The van der Waals surface area contributed by atoms with Crippen LogP contribution in [0.2, 0.25) is 0 Å². The lowest BCUT2D eigenvalue weighted by Crippen LogP contribution is -2.33. The summed E-state index contributed by atoms with van der Waals surface area (Å²) in [4.78, 5) is 13.3. The number of halogens is 2. The van der Waals surface area contributed by atoms with E-state index in [1.165, 1.54) is 4.90 Å². The molecule has 1 aliphatic rings. The molecule has 0 radical (unpaired) electrons. The molecule has 0 bridgehead atoms. The van der Waals surface area contributed by atoms with Crippen LogP contribution in [-0.2, 0) is 4.79 Å². The van der Waals surface area contributed by atoms with Crippen LogP contribution in [0.25, 0.3) is 0 Å². The minimum atomic E-state index is -0.409. The average Bonchev–Trinajstić information content (AvgIpc) is 2.60. The first kappa shape index (κ1) is 12.4. The smallest absolute Gasteiger partial charge is 0.267 e. The Kier molecular flexibility index (Phi) is 3.72. The number of hydrogen-bond donors (Lipinski definition) is 1. The zero-order valence-electron chi connectivity index (χ0n) is 8.94. The zero-order valence-corrected chi connectivity index (χ0v) is 10.4. The van der Waals surface area contributed by atoms with E-state index in [-0.39, 0.29) is 24.1 Å². The van der Waals surface area contributed by atoms with Crippen LogP contribution < -0.4 is 0 Å². The number of carbonyl (C=O) groups is 1. The van der Waals surface area contributed by atoms with Gasteiger partial charge in [-0.2, -0.15) is 0 Å². The van der Waals surface area contributed by atoms with Crippen LogP contribution in [0.5, 0.6) is 0 Å². The van der Waals surface area contributed by atoms with Crippen molar-refractivity contribution in [3.05, 3.63) is 46.0 Å². The number of benzene rings is 1. The molecule has 1 amide bonds. The van der Waals surface area contributed by atoms with Gasteiger partial charge in [-0.05, 0) is 5.56 Å². The van der Waals surface area contributed by atoms with Crippen molar-refractivity contribution >= 4 is 29.1 Å². The summed E-state index contributed by atoms with van der Waals surface area (Å²) in [7, 11) is 0. The molecule has 0 fully saturated rings. The van der Waals surface area contributed by atoms with E-state index in [0.717, 1.165) is 5.56 Å². The minimum absolute atomic E-state index is 0.0426. The van der Waals surface area contributed by atoms with Gasteiger partial charge in [0, 0.05) is 0 Å². The third kappa shape index (κ3) is 2.32. The standard InChI is InChI=1S/C12H11Cl2NO2/c13-9-6-15(12(17)11(9)14)10(7-16)8-4-2-1-3-5-8/h1-5,10,16H,6-7H2. The van der Waals surface area contributed by atoms with Crippen molar-refractivity contribution in [3.8, 4) is 0 Å². The van der Waals surface area contributed by atoms with Gasteiger partial charge < -0.3 is 10.0 Å². The normalized spacial score (nSPS) is 17.8. The molecule has 2 rings (SSSR count). The lowest BCUT2D eigenvalue weighted by molar-refractivity contribution is -0.127. The maximum Gasteiger partial charge on any atom is 0.267 e. The second kappa shape index (κ2) is 5.08. The Balaban J connectivity index is 2.26. The Morgan fingerprint density at radius 1 is 1.29 bits per heavy atom. The number of rotatable bonds is 3. The summed E-state index contributed by atoms with van der Waals surface area (Å²) in [6.45, 7) is 0.0867. The highest BCUT2D eigenvalue weighted by molar-refractivity contribution is 6.49. The molecule has 1 heterocycles. The van der Waals surface area contributed by atoms with Gasteiger partial charge in [0.1, 0.15) is 5.03 Å². The van der Waals surface area contributed by atoms with Gasteiger partial charge in [0.2, 0.25) is 0 Å². The van der Waals surface area contributed by atoms with Crippen LogP contribution in [0.1, 0.15) is 11.6 Å². The molecule has 1 aliphatic heterocycles. The van der Waals surface area contributed by atoms with Crippen molar-refractivity contribution in [2.24, 2.45) is 0 Å². The maximum absolute atomic E-state index is 11.8. The molecule has 1 unspecified atom stereocenters. The highest BCUT2D eigenvalue weighted by atomic mass is 35.5. The van der Waals surface area contributed by atoms with Crippen LogP contribution in [0.3, 0.4) is 0 Å². The Morgan fingerprint density at radius 3 is 2.41 bits per heavy atom. The number of nitrogens with zero attached hydrogens (tertiary/aromatic N) is 1. The SMILES string of the molecule is O=C1C(Cl)=C(Cl)CN1C(CO)c1ccccc1. The van der Waals surface area contributed by atoms with Crippen LogP contribution in [0.15, 0.2) is 40.4 Å². The number of aliphatic hydroxyl groups excluding tert-OH is 1. The Labute approximate surface area is 109 Å². The lowest BCUT2D eigenvalue weighted by atomic mass is 10.1. The predicted molar refractivity (Wildman–Crippen MR) is 66.7 cm³/mol. The lowest BCUT2D eigenvalue weighted by Gasteiger charge is -2.26. The van der Waals surface area contributed by atoms with Crippen molar-refractivity contribution in [1.82, 2.24) is 4.90 Å². The van der Waals surface area contributed by atoms with Gasteiger partial charge in [-0.3, -0.25) is 4.79 Å². The summed E-state index contributed by atoms with van der Waals surface area (Å²) >= 11 is 11.6. The molecular weight excluding hydrogens is 261 g/mol. The summed E-state index contributed by atoms with van der Waals surface area (Å²) in [5.74, 6) is -0.334. The molecular formula is C12H11Cl2NO2. The van der Waals surface area contributed by atoms with Crippen LogP contribution in [0, 0.1) is 0 Å². The fraction of sp³-hybridized carbons (Fsp3) is 0.250. The van der Waals surface area contributed by atoms with Crippen LogP contribution in [-0.4, -0.2) is 29.1 Å². The van der Waals surface area contributed by atoms with E-state index in [2.05, 4.69) is 0 Å². The van der Waals surface area contributed by atoms with Gasteiger partial charge in [-0.1, -0.05) is 53.5 Å². The van der Waals surface area contributed by atoms with E-state index in [9.17, 15) is 9.90 Å². The molecule has 0 aromatic heterocycles. The molecule has 0 spiro atoms. The molecule has 1 N–H and O–H groups in total. The molecule has 17 heavy (non-hydrogen) atoms. The Morgan fingerprint density at radius 2 is 1.94 bits per heavy atom. The van der Waals surface area contributed by atoms with Gasteiger partial charge in [0.05, 0.1) is 24.2 Å². The third-order valence-corrected chi connectivity index (χ3v) is 3.52. The quantitative estimate of drug-likeness (QED) is 0.916. The van der Waals surface area contributed by atoms with Gasteiger partial charge >= 0.3 is 0 Å². The molecule has 90 valence electrons. The van der Waals surface area contributed by atoms with E-state index in [1.807, 2.05) is 30.3 Å². The molecule has 1 atom stereocenters. The highest BCUT2D eigenvalue weighted by Crippen LogP contribution is 2.32. The summed E-state index contributed by atoms with van der Waals surface area (Å²) in [6.07, 6.45) is 0.